The molecule has 2 aromatic heterocycles. The Hall–Kier alpha value is -2.53. The van der Waals surface area contributed by atoms with E-state index in [0.717, 1.165) is 0 Å². The Balaban J connectivity index is 2.74. The first-order valence-electron chi connectivity index (χ1n) is 7.25. The van der Waals surface area contributed by atoms with Crippen molar-refractivity contribution in [3.8, 4) is 11.8 Å². The number of anilines is 1. The zero-order valence-electron chi connectivity index (χ0n) is 14.1. The molecule has 0 aliphatic carbocycles. The first-order chi connectivity index (χ1) is 10.7. The van der Waals surface area contributed by atoms with Crippen LogP contribution >= 0.6 is 0 Å². The summed E-state index contributed by atoms with van der Waals surface area (Å²) in [6.45, 7) is 6.38. The molecule has 0 unspecified atom stereocenters. The van der Waals surface area contributed by atoms with Crippen LogP contribution in [-0.4, -0.2) is 38.2 Å². The molecule has 8 heteroatoms. The summed E-state index contributed by atoms with van der Waals surface area (Å²) in [6.07, 6.45) is 0. The van der Waals surface area contributed by atoms with Gasteiger partial charge >= 0.3 is 5.69 Å². The number of aromatic amines is 1. The molecule has 0 spiro atoms. The van der Waals surface area contributed by atoms with Gasteiger partial charge in [0.1, 0.15) is 0 Å². The predicted octanol–water partition coefficient (Wildman–Crippen LogP) is -0.380. The van der Waals surface area contributed by atoms with Crippen molar-refractivity contribution >= 4 is 17.1 Å². The molecule has 0 bridgehead atoms. The molecule has 0 aliphatic rings. The van der Waals surface area contributed by atoms with E-state index in [1.165, 1.54) is 4.57 Å². The molecule has 0 saturated carbocycles. The van der Waals surface area contributed by atoms with E-state index in [-0.39, 0.29) is 0 Å². The molecular weight excluding hydrogens is 296 g/mol. The summed E-state index contributed by atoms with van der Waals surface area (Å²) in [4.78, 5) is 32.7. The standard InChI is InChI=1S/C15H22N6O2/c1-6-7-8-21-10-11(20(5)14(23)18-12(10)22)17-13(21)19(4)9-15(2,3)16/h8-9,16H2,1-5H3,(H,18,22,23). The molecule has 0 atom stereocenters. The highest BCUT2D eigenvalue weighted by molar-refractivity contribution is 5.74. The SMILES string of the molecule is CC#CCn1c(N(C)CC(C)(C)N)nc2c1c(=O)[nH]c(=O)n2C. The molecule has 2 rings (SSSR count). The van der Waals surface area contributed by atoms with Crippen molar-refractivity contribution in [3.05, 3.63) is 20.8 Å². The highest BCUT2D eigenvalue weighted by Crippen LogP contribution is 2.19. The van der Waals surface area contributed by atoms with Crippen molar-refractivity contribution in [1.29, 1.82) is 0 Å². The van der Waals surface area contributed by atoms with E-state index >= 15 is 0 Å². The van der Waals surface area contributed by atoms with Gasteiger partial charge in [-0.2, -0.15) is 4.98 Å². The quantitative estimate of drug-likeness (QED) is 0.748. The normalized spacial score (nSPS) is 11.4. The molecule has 124 valence electrons. The predicted molar refractivity (Wildman–Crippen MR) is 90.6 cm³/mol. The Kier molecular flexibility index (Phi) is 4.34. The number of hydrogen-bond donors (Lipinski definition) is 2. The molecule has 0 aromatic carbocycles. The minimum Gasteiger partial charge on any atom is -0.343 e. The molecule has 3 N–H and O–H groups in total. The van der Waals surface area contributed by atoms with Crippen LogP contribution in [0.5, 0.6) is 0 Å². The second-order valence-electron chi connectivity index (χ2n) is 6.26. The van der Waals surface area contributed by atoms with Gasteiger partial charge in [-0.3, -0.25) is 18.9 Å². The van der Waals surface area contributed by atoms with Crippen molar-refractivity contribution in [3.63, 3.8) is 0 Å². The highest BCUT2D eigenvalue weighted by Gasteiger charge is 2.22. The van der Waals surface area contributed by atoms with E-state index in [0.29, 0.717) is 30.2 Å². The van der Waals surface area contributed by atoms with Crippen LogP contribution in [0, 0.1) is 11.8 Å². The second kappa shape index (κ2) is 5.93. The Morgan fingerprint density at radius 3 is 2.61 bits per heavy atom. The average Bonchev–Trinajstić information content (AvgIpc) is 2.81. The van der Waals surface area contributed by atoms with Gasteiger partial charge in [0.15, 0.2) is 11.2 Å². The Morgan fingerprint density at radius 1 is 1.39 bits per heavy atom. The van der Waals surface area contributed by atoms with E-state index in [2.05, 4.69) is 21.8 Å². The number of aryl methyl sites for hydroxylation is 1. The third-order valence-electron chi connectivity index (χ3n) is 3.39. The topological polar surface area (TPSA) is 102 Å². The zero-order valence-corrected chi connectivity index (χ0v) is 14.1. The van der Waals surface area contributed by atoms with Crippen LogP contribution in [0.1, 0.15) is 20.8 Å². The van der Waals surface area contributed by atoms with Crippen molar-refractivity contribution < 1.29 is 0 Å². The largest absolute Gasteiger partial charge is 0.343 e. The lowest BCUT2D eigenvalue weighted by Crippen LogP contribution is -2.44. The monoisotopic (exact) mass is 318 g/mol. The Bertz CT molecular complexity index is 901. The minimum absolute atomic E-state index is 0.305. The minimum atomic E-state index is -0.498. The maximum absolute atomic E-state index is 12.2. The van der Waals surface area contributed by atoms with Crippen LogP contribution < -0.4 is 21.9 Å². The van der Waals surface area contributed by atoms with Gasteiger partial charge in [0.25, 0.3) is 5.56 Å². The summed E-state index contributed by atoms with van der Waals surface area (Å²) >= 11 is 0. The van der Waals surface area contributed by atoms with Crippen LogP contribution in [0.3, 0.4) is 0 Å². The van der Waals surface area contributed by atoms with E-state index < -0.39 is 16.8 Å². The highest BCUT2D eigenvalue weighted by atomic mass is 16.2. The van der Waals surface area contributed by atoms with Crippen molar-refractivity contribution in [2.24, 2.45) is 12.8 Å². The van der Waals surface area contributed by atoms with Gasteiger partial charge in [0.05, 0.1) is 6.54 Å². The molecular formula is C15H22N6O2. The first kappa shape index (κ1) is 16.8. The summed E-state index contributed by atoms with van der Waals surface area (Å²) in [7, 11) is 3.41. The summed E-state index contributed by atoms with van der Waals surface area (Å²) in [5, 5.41) is 0. The number of hydrogen-bond acceptors (Lipinski definition) is 5. The van der Waals surface area contributed by atoms with Gasteiger partial charge in [0.2, 0.25) is 5.95 Å². The maximum atomic E-state index is 12.2. The zero-order chi connectivity index (χ0) is 17.4. The fourth-order valence-corrected chi connectivity index (χ4v) is 2.50. The summed E-state index contributed by atoms with van der Waals surface area (Å²) in [5.41, 5.74) is 5.32. The smallest absolute Gasteiger partial charge is 0.329 e. The number of likely N-dealkylation sites (N-methyl/N-ethyl adjacent to an activating group) is 1. The number of nitrogens with two attached hydrogens (primary N) is 1. The molecule has 0 amide bonds. The molecule has 23 heavy (non-hydrogen) atoms. The summed E-state index contributed by atoms with van der Waals surface area (Å²) in [6, 6.07) is 0. The van der Waals surface area contributed by atoms with Crippen LogP contribution in [0.2, 0.25) is 0 Å². The number of rotatable bonds is 4. The van der Waals surface area contributed by atoms with Gasteiger partial charge in [-0.25, -0.2) is 4.79 Å². The van der Waals surface area contributed by atoms with E-state index in [9.17, 15) is 9.59 Å². The fourth-order valence-electron chi connectivity index (χ4n) is 2.50. The lowest BCUT2D eigenvalue weighted by molar-refractivity contribution is 0.513. The number of imidazole rings is 1. The van der Waals surface area contributed by atoms with E-state index in [1.54, 1.807) is 18.5 Å². The van der Waals surface area contributed by atoms with Crippen molar-refractivity contribution in [2.75, 3.05) is 18.5 Å². The fraction of sp³-hybridized carbons (Fsp3) is 0.533. The van der Waals surface area contributed by atoms with E-state index in [4.69, 9.17) is 5.73 Å². The number of aromatic nitrogens is 4. The molecule has 0 fully saturated rings. The average molecular weight is 318 g/mol. The van der Waals surface area contributed by atoms with Crippen LogP contribution in [0.15, 0.2) is 9.59 Å². The Morgan fingerprint density at radius 2 is 2.04 bits per heavy atom. The lowest BCUT2D eigenvalue weighted by Gasteiger charge is -2.27. The molecule has 0 aliphatic heterocycles. The van der Waals surface area contributed by atoms with Gasteiger partial charge in [0, 0.05) is 26.2 Å². The van der Waals surface area contributed by atoms with Crippen molar-refractivity contribution in [1.82, 2.24) is 19.1 Å². The first-order valence-corrected chi connectivity index (χ1v) is 7.25. The molecule has 2 heterocycles. The van der Waals surface area contributed by atoms with Crippen LogP contribution in [0.25, 0.3) is 11.2 Å². The third kappa shape index (κ3) is 3.29. The molecule has 8 nitrogen and oxygen atoms in total. The number of H-pyrrole nitrogens is 1. The van der Waals surface area contributed by atoms with E-state index in [1.807, 2.05) is 25.8 Å². The summed E-state index contributed by atoms with van der Waals surface area (Å²) < 4.78 is 3.02. The molecule has 2 aromatic rings. The number of fused-ring (bicyclic) bond motifs is 1. The lowest BCUT2D eigenvalue weighted by atomic mass is 10.1. The van der Waals surface area contributed by atoms with Crippen LogP contribution in [-0.2, 0) is 13.6 Å². The third-order valence-corrected chi connectivity index (χ3v) is 3.39. The molecule has 0 saturated heterocycles. The number of nitrogens with one attached hydrogen (secondary N) is 1. The van der Waals surface area contributed by atoms with Gasteiger partial charge in [-0.1, -0.05) is 5.92 Å². The van der Waals surface area contributed by atoms with Crippen LogP contribution in [0.4, 0.5) is 5.95 Å². The van der Waals surface area contributed by atoms with Gasteiger partial charge < -0.3 is 10.6 Å². The van der Waals surface area contributed by atoms with Gasteiger partial charge in [-0.05, 0) is 20.8 Å². The maximum Gasteiger partial charge on any atom is 0.329 e. The van der Waals surface area contributed by atoms with Gasteiger partial charge in [-0.15, -0.1) is 5.92 Å². The van der Waals surface area contributed by atoms with Crippen molar-refractivity contribution in [2.45, 2.75) is 32.9 Å². The number of nitrogens with zero attached hydrogens (tertiary/aromatic N) is 4. The summed E-state index contributed by atoms with van der Waals surface area (Å²) in [5.74, 6) is 6.29. The molecule has 0 radical (unpaired) electrons. The second-order valence-corrected chi connectivity index (χ2v) is 6.26. The Labute approximate surface area is 133 Å².